The Morgan fingerprint density at radius 1 is 0.850 bits per heavy atom. The van der Waals surface area contributed by atoms with E-state index < -0.39 is 0 Å². The van der Waals surface area contributed by atoms with E-state index in [1.54, 1.807) is 11.3 Å². The lowest BCUT2D eigenvalue weighted by Crippen LogP contribution is -1.98. The summed E-state index contributed by atoms with van der Waals surface area (Å²) in [6.45, 7) is 1.46. The molecule has 0 bridgehead atoms. The highest BCUT2D eigenvalue weighted by molar-refractivity contribution is 7.20. The molecule has 0 N–H and O–H groups in total. The zero-order valence-electron chi connectivity index (χ0n) is 11.1. The van der Waals surface area contributed by atoms with Crippen LogP contribution < -0.4 is 0 Å². The zero-order valence-corrected chi connectivity index (χ0v) is 12.8. The van der Waals surface area contributed by atoms with Gasteiger partial charge in [-0.15, -0.1) is 22.7 Å². The van der Waals surface area contributed by atoms with E-state index in [2.05, 4.69) is 41.1 Å². The third kappa shape index (κ3) is 3.37. The van der Waals surface area contributed by atoms with Gasteiger partial charge in [0, 0.05) is 9.75 Å². The average Bonchev–Trinajstić information content (AvgIpc) is 3.15. The molecule has 1 nitrogen and oxygen atoms in total. The van der Waals surface area contributed by atoms with Crippen LogP contribution >= 0.6 is 22.7 Å². The molecule has 0 saturated carbocycles. The van der Waals surface area contributed by atoms with E-state index in [0.29, 0.717) is 6.61 Å². The number of benzene rings is 1. The summed E-state index contributed by atoms with van der Waals surface area (Å²) in [7, 11) is 0. The summed E-state index contributed by atoms with van der Waals surface area (Å²) in [5, 5.41) is 4.30. The quantitative estimate of drug-likeness (QED) is 0.566. The molecule has 0 amide bonds. The summed E-state index contributed by atoms with van der Waals surface area (Å²) in [5.74, 6) is 0. The van der Waals surface area contributed by atoms with Gasteiger partial charge in [0.2, 0.25) is 0 Å². The van der Waals surface area contributed by atoms with Gasteiger partial charge in [-0.1, -0.05) is 36.4 Å². The molecule has 0 saturated heterocycles. The standard InChI is InChI=1S/C17H16OS2/c1-2-5-14(6-3-1)13-18-10-8-15-9-12-20-17(15)16-7-4-11-19-16/h1-7,9,11-12H,8,10,13H2. The molecule has 2 aromatic heterocycles. The number of thiophene rings is 2. The van der Waals surface area contributed by atoms with Gasteiger partial charge in [0.15, 0.2) is 0 Å². The summed E-state index contributed by atoms with van der Waals surface area (Å²) in [6, 6.07) is 16.8. The van der Waals surface area contributed by atoms with Crippen LogP contribution in [0.5, 0.6) is 0 Å². The first-order valence-corrected chi connectivity index (χ1v) is 8.41. The minimum atomic E-state index is 0.694. The van der Waals surface area contributed by atoms with Crippen molar-refractivity contribution in [3.05, 3.63) is 70.4 Å². The van der Waals surface area contributed by atoms with Gasteiger partial charge in [-0.2, -0.15) is 0 Å². The molecule has 0 spiro atoms. The minimum absolute atomic E-state index is 0.694. The number of rotatable bonds is 6. The lowest BCUT2D eigenvalue weighted by atomic mass is 10.2. The number of hydrogen-bond donors (Lipinski definition) is 0. The molecule has 2 heterocycles. The lowest BCUT2D eigenvalue weighted by molar-refractivity contribution is 0.124. The fourth-order valence-corrected chi connectivity index (χ4v) is 3.96. The van der Waals surface area contributed by atoms with Crippen molar-refractivity contribution in [2.24, 2.45) is 0 Å². The third-order valence-electron chi connectivity index (χ3n) is 3.12. The third-order valence-corrected chi connectivity index (χ3v) is 5.13. The molecular formula is C17H16OS2. The second kappa shape index (κ2) is 6.84. The SMILES string of the molecule is c1ccc(COCCc2ccsc2-c2cccs2)cc1. The van der Waals surface area contributed by atoms with Crippen LogP contribution in [0.1, 0.15) is 11.1 Å². The Morgan fingerprint density at radius 2 is 1.75 bits per heavy atom. The first-order chi connectivity index (χ1) is 9.93. The van der Waals surface area contributed by atoms with E-state index >= 15 is 0 Å². The van der Waals surface area contributed by atoms with Crippen molar-refractivity contribution in [2.45, 2.75) is 13.0 Å². The van der Waals surface area contributed by atoms with Gasteiger partial charge in [0.05, 0.1) is 13.2 Å². The summed E-state index contributed by atoms with van der Waals surface area (Å²) >= 11 is 3.62. The fraction of sp³-hybridized carbons (Fsp3) is 0.176. The lowest BCUT2D eigenvalue weighted by Gasteiger charge is -2.05. The van der Waals surface area contributed by atoms with Crippen LogP contribution in [0.2, 0.25) is 0 Å². The molecule has 0 unspecified atom stereocenters. The predicted octanol–water partition coefficient (Wildman–Crippen LogP) is 5.24. The van der Waals surface area contributed by atoms with Gasteiger partial charge in [-0.05, 0) is 40.4 Å². The van der Waals surface area contributed by atoms with Crippen LogP contribution in [0, 0.1) is 0 Å². The molecule has 0 fully saturated rings. The van der Waals surface area contributed by atoms with Gasteiger partial charge in [0.1, 0.15) is 0 Å². The van der Waals surface area contributed by atoms with Crippen molar-refractivity contribution >= 4 is 22.7 Å². The maximum absolute atomic E-state index is 5.77. The fourth-order valence-electron chi connectivity index (χ4n) is 2.10. The van der Waals surface area contributed by atoms with Crippen LogP contribution in [0.4, 0.5) is 0 Å². The Kier molecular flexibility index (Phi) is 4.64. The Hall–Kier alpha value is -1.42. The van der Waals surface area contributed by atoms with E-state index in [1.807, 2.05) is 29.5 Å². The maximum Gasteiger partial charge on any atom is 0.0717 e. The first-order valence-electron chi connectivity index (χ1n) is 6.65. The van der Waals surface area contributed by atoms with Crippen molar-refractivity contribution in [1.29, 1.82) is 0 Å². The zero-order chi connectivity index (χ0) is 13.6. The molecule has 3 aromatic rings. The molecule has 3 rings (SSSR count). The Bertz CT molecular complexity index is 626. The van der Waals surface area contributed by atoms with Gasteiger partial charge in [-0.25, -0.2) is 0 Å². The summed E-state index contributed by atoms with van der Waals surface area (Å²) in [4.78, 5) is 2.75. The van der Waals surface area contributed by atoms with Gasteiger partial charge in [-0.3, -0.25) is 0 Å². The molecule has 3 heteroatoms. The normalized spacial score (nSPS) is 10.8. The van der Waals surface area contributed by atoms with Gasteiger partial charge >= 0.3 is 0 Å². The number of hydrogen-bond acceptors (Lipinski definition) is 3. The van der Waals surface area contributed by atoms with Crippen molar-refractivity contribution < 1.29 is 4.74 Å². The van der Waals surface area contributed by atoms with E-state index in [4.69, 9.17) is 4.74 Å². The molecular weight excluding hydrogens is 284 g/mol. The molecule has 1 aromatic carbocycles. The Balaban J connectivity index is 1.53. The molecule has 0 aliphatic carbocycles. The van der Waals surface area contributed by atoms with E-state index in [-0.39, 0.29) is 0 Å². The molecule has 0 aliphatic rings. The van der Waals surface area contributed by atoms with Crippen LogP contribution in [0.15, 0.2) is 59.3 Å². The topological polar surface area (TPSA) is 9.23 Å². The first kappa shape index (κ1) is 13.6. The van der Waals surface area contributed by atoms with E-state index in [9.17, 15) is 0 Å². The molecule has 20 heavy (non-hydrogen) atoms. The Labute approximate surface area is 127 Å². The van der Waals surface area contributed by atoms with Gasteiger partial charge in [0.25, 0.3) is 0 Å². The number of ether oxygens (including phenoxy) is 1. The summed E-state index contributed by atoms with van der Waals surface area (Å²) in [6.07, 6.45) is 0.976. The van der Waals surface area contributed by atoms with E-state index in [0.717, 1.165) is 13.0 Å². The highest BCUT2D eigenvalue weighted by Crippen LogP contribution is 2.33. The van der Waals surface area contributed by atoms with Gasteiger partial charge < -0.3 is 4.74 Å². The maximum atomic E-state index is 5.77. The van der Waals surface area contributed by atoms with Crippen LogP contribution in [-0.2, 0) is 17.8 Å². The van der Waals surface area contributed by atoms with Crippen molar-refractivity contribution in [2.75, 3.05) is 6.61 Å². The second-order valence-electron chi connectivity index (χ2n) is 4.54. The van der Waals surface area contributed by atoms with Crippen molar-refractivity contribution in [3.63, 3.8) is 0 Å². The van der Waals surface area contributed by atoms with Crippen molar-refractivity contribution in [1.82, 2.24) is 0 Å². The second-order valence-corrected chi connectivity index (χ2v) is 6.40. The summed E-state index contributed by atoms with van der Waals surface area (Å²) < 4.78 is 5.77. The molecule has 0 radical (unpaired) electrons. The highest BCUT2D eigenvalue weighted by Gasteiger charge is 2.07. The van der Waals surface area contributed by atoms with Crippen molar-refractivity contribution in [3.8, 4) is 9.75 Å². The largest absolute Gasteiger partial charge is 0.376 e. The van der Waals surface area contributed by atoms with Crippen LogP contribution in [-0.4, -0.2) is 6.61 Å². The highest BCUT2D eigenvalue weighted by atomic mass is 32.1. The monoisotopic (exact) mass is 300 g/mol. The van der Waals surface area contributed by atoms with Crippen LogP contribution in [0.3, 0.4) is 0 Å². The predicted molar refractivity (Wildman–Crippen MR) is 87.4 cm³/mol. The van der Waals surface area contributed by atoms with Crippen LogP contribution in [0.25, 0.3) is 9.75 Å². The van der Waals surface area contributed by atoms with E-state index in [1.165, 1.54) is 20.9 Å². The molecule has 0 atom stereocenters. The Morgan fingerprint density at radius 3 is 2.55 bits per heavy atom. The molecule has 102 valence electrons. The summed E-state index contributed by atoms with van der Waals surface area (Å²) in [5.41, 5.74) is 2.63. The molecule has 0 aliphatic heterocycles. The average molecular weight is 300 g/mol. The minimum Gasteiger partial charge on any atom is -0.376 e. The smallest absolute Gasteiger partial charge is 0.0717 e.